The molecule has 2 saturated carbocycles. The van der Waals surface area contributed by atoms with E-state index in [1.54, 1.807) is 0 Å². The Labute approximate surface area is 97.2 Å². The minimum Gasteiger partial charge on any atom is -0.481 e. The van der Waals surface area contributed by atoms with E-state index in [9.17, 15) is 4.79 Å². The van der Waals surface area contributed by atoms with Crippen molar-refractivity contribution in [3.8, 4) is 0 Å². The van der Waals surface area contributed by atoms with Gasteiger partial charge in [-0.05, 0) is 50.9 Å². The Kier molecular flexibility index (Phi) is 3.53. The van der Waals surface area contributed by atoms with Crippen LogP contribution in [0.3, 0.4) is 0 Å². The van der Waals surface area contributed by atoms with Crippen molar-refractivity contribution < 1.29 is 14.6 Å². The molecule has 2 fully saturated rings. The molecule has 2 rings (SSSR count). The third kappa shape index (κ3) is 2.76. The lowest BCUT2D eigenvalue weighted by Gasteiger charge is -2.44. The summed E-state index contributed by atoms with van der Waals surface area (Å²) in [6.45, 7) is 2.28. The van der Waals surface area contributed by atoms with Gasteiger partial charge in [0.25, 0.3) is 0 Å². The lowest BCUT2D eigenvalue weighted by atomic mass is 9.77. The summed E-state index contributed by atoms with van der Waals surface area (Å²) in [5.74, 6) is 0.0977. The molecule has 3 nitrogen and oxygen atoms in total. The highest BCUT2D eigenvalue weighted by molar-refractivity contribution is 5.68. The maximum absolute atomic E-state index is 10.8. The Morgan fingerprint density at radius 3 is 2.38 bits per heavy atom. The Balaban J connectivity index is 1.84. The molecule has 0 amide bonds. The van der Waals surface area contributed by atoms with Crippen molar-refractivity contribution in [3.63, 3.8) is 0 Å². The fourth-order valence-corrected chi connectivity index (χ4v) is 2.88. The van der Waals surface area contributed by atoms with Crippen LogP contribution in [0.2, 0.25) is 0 Å². The van der Waals surface area contributed by atoms with Gasteiger partial charge in [0.2, 0.25) is 0 Å². The van der Waals surface area contributed by atoms with Crippen LogP contribution >= 0.6 is 0 Å². The average Bonchev–Trinajstić information content (AvgIpc) is 2.17. The van der Waals surface area contributed by atoms with Crippen LogP contribution in [0.5, 0.6) is 0 Å². The van der Waals surface area contributed by atoms with Crippen molar-refractivity contribution in [1.29, 1.82) is 0 Å². The van der Waals surface area contributed by atoms with E-state index in [0.717, 1.165) is 38.0 Å². The van der Waals surface area contributed by atoms with E-state index in [1.165, 1.54) is 12.8 Å². The highest BCUT2D eigenvalue weighted by Gasteiger charge is 2.42. The van der Waals surface area contributed by atoms with E-state index in [4.69, 9.17) is 9.84 Å². The van der Waals surface area contributed by atoms with E-state index >= 15 is 0 Å². The van der Waals surface area contributed by atoms with Crippen LogP contribution in [-0.2, 0) is 9.53 Å². The lowest BCUT2D eigenvalue weighted by molar-refractivity contribution is -0.171. The van der Waals surface area contributed by atoms with Gasteiger partial charge >= 0.3 is 5.97 Å². The van der Waals surface area contributed by atoms with Crippen molar-refractivity contribution in [3.05, 3.63) is 0 Å². The van der Waals surface area contributed by atoms with Gasteiger partial charge in [0.15, 0.2) is 0 Å². The normalized spacial score (nSPS) is 33.1. The third-order valence-electron chi connectivity index (χ3n) is 4.12. The molecule has 0 spiro atoms. The second-order valence-electron chi connectivity index (χ2n) is 5.61. The summed E-state index contributed by atoms with van der Waals surface area (Å²) in [5, 5.41) is 8.91. The topological polar surface area (TPSA) is 46.5 Å². The quantitative estimate of drug-likeness (QED) is 0.801. The first kappa shape index (κ1) is 11.9. The maximum Gasteiger partial charge on any atom is 0.306 e. The summed E-state index contributed by atoms with van der Waals surface area (Å²) >= 11 is 0. The van der Waals surface area contributed by atoms with Crippen LogP contribution in [0, 0.1) is 5.92 Å². The average molecular weight is 226 g/mol. The lowest BCUT2D eigenvalue weighted by Crippen LogP contribution is -2.45. The SMILES string of the molecule is CC1CCC(OC2(CC(=O)O)CCC2)CC1. The highest BCUT2D eigenvalue weighted by Crippen LogP contribution is 2.41. The molecule has 0 radical (unpaired) electrons. The summed E-state index contributed by atoms with van der Waals surface area (Å²) in [6, 6.07) is 0. The van der Waals surface area contributed by atoms with Crippen LogP contribution in [0.1, 0.15) is 58.3 Å². The smallest absolute Gasteiger partial charge is 0.306 e. The molecule has 0 aromatic heterocycles. The zero-order valence-corrected chi connectivity index (χ0v) is 10.1. The predicted octanol–water partition coefficient (Wildman–Crippen LogP) is 2.98. The molecule has 0 unspecified atom stereocenters. The van der Waals surface area contributed by atoms with Crippen molar-refractivity contribution in [1.82, 2.24) is 0 Å². The third-order valence-corrected chi connectivity index (χ3v) is 4.12. The van der Waals surface area contributed by atoms with Crippen molar-refractivity contribution in [2.24, 2.45) is 5.92 Å². The van der Waals surface area contributed by atoms with Gasteiger partial charge in [0.1, 0.15) is 0 Å². The second-order valence-corrected chi connectivity index (χ2v) is 5.61. The monoisotopic (exact) mass is 226 g/mol. The van der Waals surface area contributed by atoms with Crippen LogP contribution in [0.4, 0.5) is 0 Å². The van der Waals surface area contributed by atoms with Gasteiger partial charge in [-0.3, -0.25) is 4.79 Å². The molecule has 0 atom stereocenters. The molecule has 2 aliphatic carbocycles. The largest absolute Gasteiger partial charge is 0.481 e. The molecule has 0 bridgehead atoms. The second kappa shape index (κ2) is 4.74. The van der Waals surface area contributed by atoms with Crippen molar-refractivity contribution >= 4 is 5.97 Å². The minimum atomic E-state index is -0.719. The molecule has 1 N–H and O–H groups in total. The molecule has 0 aromatic rings. The number of carboxylic acids is 1. The van der Waals surface area contributed by atoms with Gasteiger partial charge in [-0.15, -0.1) is 0 Å². The van der Waals surface area contributed by atoms with Crippen LogP contribution in [0.15, 0.2) is 0 Å². The summed E-state index contributed by atoms with van der Waals surface area (Å²) in [4.78, 5) is 10.8. The summed E-state index contributed by atoms with van der Waals surface area (Å²) in [7, 11) is 0. The zero-order valence-electron chi connectivity index (χ0n) is 10.1. The molecular weight excluding hydrogens is 204 g/mol. The minimum absolute atomic E-state index is 0.194. The fraction of sp³-hybridized carbons (Fsp3) is 0.923. The summed E-state index contributed by atoms with van der Waals surface area (Å²) in [5.41, 5.74) is -0.308. The Morgan fingerprint density at radius 1 is 1.31 bits per heavy atom. The Hall–Kier alpha value is -0.570. The molecule has 16 heavy (non-hydrogen) atoms. The molecule has 0 saturated heterocycles. The van der Waals surface area contributed by atoms with Crippen LogP contribution in [0.25, 0.3) is 0 Å². The Morgan fingerprint density at radius 2 is 1.94 bits per heavy atom. The Bertz CT molecular complexity index is 250. The van der Waals surface area contributed by atoms with E-state index in [1.807, 2.05) is 0 Å². The predicted molar refractivity (Wildman–Crippen MR) is 61.3 cm³/mol. The van der Waals surface area contributed by atoms with Crippen LogP contribution in [-0.4, -0.2) is 22.8 Å². The van der Waals surface area contributed by atoms with Gasteiger partial charge in [-0.25, -0.2) is 0 Å². The number of carboxylic acid groups (broad SMARTS) is 1. The van der Waals surface area contributed by atoms with E-state index in [0.29, 0.717) is 6.10 Å². The maximum atomic E-state index is 10.8. The summed E-state index contributed by atoms with van der Waals surface area (Å²) in [6.07, 6.45) is 8.19. The van der Waals surface area contributed by atoms with E-state index in [2.05, 4.69) is 6.92 Å². The zero-order chi connectivity index (χ0) is 11.6. The van der Waals surface area contributed by atoms with Gasteiger partial charge < -0.3 is 9.84 Å². The molecule has 0 heterocycles. The van der Waals surface area contributed by atoms with Crippen LogP contribution < -0.4 is 0 Å². The molecule has 0 aliphatic heterocycles. The number of hydrogen-bond acceptors (Lipinski definition) is 2. The highest BCUT2D eigenvalue weighted by atomic mass is 16.5. The van der Waals surface area contributed by atoms with Gasteiger partial charge in [0.05, 0.1) is 18.1 Å². The first-order valence-electron chi connectivity index (χ1n) is 6.49. The number of rotatable bonds is 4. The number of carbonyl (C=O) groups is 1. The number of hydrogen-bond donors (Lipinski definition) is 1. The van der Waals surface area contributed by atoms with Gasteiger partial charge in [-0.2, -0.15) is 0 Å². The van der Waals surface area contributed by atoms with E-state index < -0.39 is 5.97 Å². The van der Waals surface area contributed by atoms with Gasteiger partial charge in [0, 0.05) is 0 Å². The fourth-order valence-electron chi connectivity index (χ4n) is 2.88. The number of ether oxygens (including phenoxy) is 1. The number of aliphatic carboxylic acids is 1. The molecular formula is C13H22O3. The first-order chi connectivity index (χ1) is 7.60. The van der Waals surface area contributed by atoms with Gasteiger partial charge in [-0.1, -0.05) is 6.92 Å². The van der Waals surface area contributed by atoms with Crippen molar-refractivity contribution in [2.75, 3.05) is 0 Å². The molecule has 0 aromatic carbocycles. The van der Waals surface area contributed by atoms with Crippen molar-refractivity contribution in [2.45, 2.75) is 70.0 Å². The molecule has 2 aliphatic rings. The summed E-state index contributed by atoms with van der Waals surface area (Å²) < 4.78 is 6.09. The molecule has 3 heteroatoms. The standard InChI is InChI=1S/C13H22O3/c1-10-3-5-11(6-4-10)16-13(7-2-8-13)9-12(14)15/h10-11H,2-9H2,1H3,(H,14,15). The van der Waals surface area contributed by atoms with E-state index in [-0.39, 0.29) is 12.0 Å². The first-order valence-corrected chi connectivity index (χ1v) is 6.49. The molecule has 92 valence electrons.